The molecule has 0 aliphatic heterocycles. The van der Waals surface area contributed by atoms with Crippen molar-refractivity contribution in [2.75, 3.05) is 29.6 Å². The lowest BCUT2D eigenvalue weighted by Crippen LogP contribution is -2.20. The molecule has 2 amide bonds. The van der Waals surface area contributed by atoms with Crippen LogP contribution >= 0.6 is 23.1 Å². The SMILES string of the molecule is CCOc1ccc(-c2csc(NC(=O)CSc3ccc(NC(=O)COc4ccccc4)cc3)n2)cc1. The molecule has 184 valence electrons. The molecule has 0 aliphatic rings. The number of rotatable bonds is 11. The Balaban J connectivity index is 1.21. The average Bonchev–Trinajstić information content (AvgIpc) is 3.37. The first-order chi connectivity index (χ1) is 17.6. The molecule has 0 atom stereocenters. The normalized spacial score (nSPS) is 10.5. The van der Waals surface area contributed by atoms with Crippen LogP contribution in [0.2, 0.25) is 0 Å². The van der Waals surface area contributed by atoms with Crippen molar-refractivity contribution in [1.29, 1.82) is 0 Å². The molecule has 7 nitrogen and oxygen atoms in total. The van der Waals surface area contributed by atoms with Crippen LogP contribution in [-0.4, -0.2) is 35.8 Å². The van der Waals surface area contributed by atoms with Gasteiger partial charge >= 0.3 is 0 Å². The van der Waals surface area contributed by atoms with Crippen molar-refractivity contribution in [3.8, 4) is 22.8 Å². The van der Waals surface area contributed by atoms with Gasteiger partial charge in [0.2, 0.25) is 5.91 Å². The third-order valence-electron chi connectivity index (χ3n) is 4.83. The Morgan fingerprint density at radius 1 is 0.861 bits per heavy atom. The first-order valence-corrected chi connectivity index (χ1v) is 13.1. The number of nitrogens with zero attached hydrogens (tertiary/aromatic N) is 1. The quantitative estimate of drug-likeness (QED) is 0.238. The predicted molar refractivity (Wildman–Crippen MR) is 145 cm³/mol. The summed E-state index contributed by atoms with van der Waals surface area (Å²) in [4.78, 5) is 29.9. The Labute approximate surface area is 217 Å². The first kappa shape index (κ1) is 25.3. The van der Waals surface area contributed by atoms with Gasteiger partial charge in [-0.05, 0) is 67.6 Å². The number of ether oxygens (including phenoxy) is 2. The third-order valence-corrected chi connectivity index (χ3v) is 6.60. The summed E-state index contributed by atoms with van der Waals surface area (Å²) in [6.07, 6.45) is 0. The number of nitrogens with one attached hydrogen (secondary N) is 2. The molecule has 0 saturated carbocycles. The molecule has 3 aromatic carbocycles. The second kappa shape index (κ2) is 12.8. The standard InChI is InChI=1S/C27H25N3O4S2/c1-2-33-22-12-8-19(9-13-22)24-17-36-27(29-24)30-26(32)18-35-23-14-10-20(11-15-23)28-25(31)16-34-21-6-4-3-5-7-21/h3-15,17H,2,16,18H2,1H3,(H,28,31)(H,29,30,32). The number of anilines is 2. The first-order valence-electron chi connectivity index (χ1n) is 11.3. The lowest BCUT2D eigenvalue weighted by molar-refractivity contribution is -0.118. The van der Waals surface area contributed by atoms with Crippen LogP contribution in [0.1, 0.15) is 6.92 Å². The van der Waals surface area contributed by atoms with Gasteiger partial charge in [-0.3, -0.25) is 9.59 Å². The molecule has 1 heterocycles. The molecular formula is C27H25N3O4S2. The van der Waals surface area contributed by atoms with Gasteiger partial charge in [0, 0.05) is 21.5 Å². The van der Waals surface area contributed by atoms with E-state index in [4.69, 9.17) is 9.47 Å². The second-order valence-electron chi connectivity index (χ2n) is 7.51. The summed E-state index contributed by atoms with van der Waals surface area (Å²) in [5, 5.41) is 8.12. The van der Waals surface area contributed by atoms with Crippen LogP contribution in [0.5, 0.6) is 11.5 Å². The number of benzene rings is 3. The van der Waals surface area contributed by atoms with Gasteiger partial charge in [-0.2, -0.15) is 0 Å². The number of carbonyl (C=O) groups is 2. The van der Waals surface area contributed by atoms with Gasteiger partial charge in [0.05, 0.1) is 18.1 Å². The monoisotopic (exact) mass is 519 g/mol. The molecule has 2 N–H and O–H groups in total. The highest BCUT2D eigenvalue weighted by Gasteiger charge is 2.10. The summed E-state index contributed by atoms with van der Waals surface area (Å²) in [5.74, 6) is 1.32. The van der Waals surface area contributed by atoms with Crippen LogP contribution in [0.3, 0.4) is 0 Å². The summed E-state index contributed by atoms with van der Waals surface area (Å²) < 4.78 is 10.9. The zero-order chi connectivity index (χ0) is 25.2. The number of amides is 2. The molecular weight excluding hydrogens is 494 g/mol. The Kier molecular flexibility index (Phi) is 8.96. The third kappa shape index (κ3) is 7.59. The lowest BCUT2D eigenvalue weighted by atomic mass is 10.2. The van der Waals surface area contributed by atoms with Crippen molar-refractivity contribution >= 4 is 45.7 Å². The average molecular weight is 520 g/mol. The van der Waals surface area contributed by atoms with E-state index in [1.165, 1.54) is 23.1 Å². The van der Waals surface area contributed by atoms with E-state index in [1.807, 2.05) is 66.9 Å². The zero-order valence-corrected chi connectivity index (χ0v) is 21.2. The number of carbonyl (C=O) groups excluding carboxylic acids is 2. The summed E-state index contributed by atoms with van der Waals surface area (Å²) in [7, 11) is 0. The number of thiazole rings is 1. The van der Waals surface area contributed by atoms with Crippen molar-refractivity contribution in [3.63, 3.8) is 0 Å². The summed E-state index contributed by atoms with van der Waals surface area (Å²) in [5.41, 5.74) is 2.43. The van der Waals surface area contributed by atoms with Crippen molar-refractivity contribution in [1.82, 2.24) is 4.98 Å². The van der Waals surface area contributed by atoms with Gasteiger partial charge in [-0.15, -0.1) is 23.1 Å². The van der Waals surface area contributed by atoms with Gasteiger partial charge in [0.1, 0.15) is 11.5 Å². The van der Waals surface area contributed by atoms with Crippen molar-refractivity contribution < 1.29 is 19.1 Å². The number of para-hydroxylation sites is 1. The fourth-order valence-corrected chi connectivity index (χ4v) is 4.59. The summed E-state index contributed by atoms with van der Waals surface area (Å²) in [6, 6.07) is 24.2. The van der Waals surface area contributed by atoms with Crippen LogP contribution in [0.15, 0.2) is 89.1 Å². The van der Waals surface area contributed by atoms with Crippen molar-refractivity contribution in [2.24, 2.45) is 0 Å². The van der Waals surface area contributed by atoms with E-state index < -0.39 is 0 Å². The van der Waals surface area contributed by atoms with Gasteiger partial charge < -0.3 is 20.1 Å². The minimum Gasteiger partial charge on any atom is -0.494 e. The Hall–Kier alpha value is -3.82. The fraction of sp³-hybridized carbons (Fsp3) is 0.148. The Bertz CT molecular complexity index is 1280. The highest BCUT2D eigenvalue weighted by molar-refractivity contribution is 8.00. The topological polar surface area (TPSA) is 89.6 Å². The Morgan fingerprint density at radius 2 is 1.58 bits per heavy atom. The molecule has 0 spiro atoms. The molecule has 0 bridgehead atoms. The molecule has 0 unspecified atom stereocenters. The maximum Gasteiger partial charge on any atom is 0.262 e. The van der Waals surface area contributed by atoms with Crippen molar-refractivity contribution in [3.05, 3.63) is 84.2 Å². The van der Waals surface area contributed by atoms with Gasteiger partial charge in [-0.25, -0.2) is 4.98 Å². The molecule has 1 aromatic heterocycles. The number of thioether (sulfide) groups is 1. The number of hydrogen-bond acceptors (Lipinski definition) is 7. The van der Waals surface area contributed by atoms with Gasteiger partial charge in [-0.1, -0.05) is 18.2 Å². The molecule has 9 heteroatoms. The maximum absolute atomic E-state index is 12.4. The number of aromatic nitrogens is 1. The highest BCUT2D eigenvalue weighted by atomic mass is 32.2. The lowest BCUT2D eigenvalue weighted by Gasteiger charge is -2.08. The van der Waals surface area contributed by atoms with Crippen LogP contribution in [0.4, 0.5) is 10.8 Å². The van der Waals surface area contributed by atoms with Crippen LogP contribution in [0.25, 0.3) is 11.3 Å². The van der Waals surface area contributed by atoms with Gasteiger partial charge in [0.15, 0.2) is 11.7 Å². The maximum atomic E-state index is 12.4. The van der Waals surface area contributed by atoms with E-state index in [9.17, 15) is 9.59 Å². The highest BCUT2D eigenvalue weighted by Crippen LogP contribution is 2.27. The van der Waals surface area contributed by atoms with E-state index >= 15 is 0 Å². The molecule has 4 rings (SSSR count). The molecule has 0 fully saturated rings. The second-order valence-corrected chi connectivity index (χ2v) is 9.41. The fourth-order valence-electron chi connectivity index (χ4n) is 3.15. The molecule has 36 heavy (non-hydrogen) atoms. The predicted octanol–water partition coefficient (Wildman–Crippen LogP) is 5.96. The summed E-state index contributed by atoms with van der Waals surface area (Å²) in [6.45, 7) is 2.49. The smallest absolute Gasteiger partial charge is 0.262 e. The van der Waals surface area contributed by atoms with E-state index in [2.05, 4.69) is 15.6 Å². The van der Waals surface area contributed by atoms with E-state index in [1.54, 1.807) is 24.3 Å². The zero-order valence-electron chi connectivity index (χ0n) is 19.6. The minimum absolute atomic E-state index is 0.0717. The number of hydrogen-bond donors (Lipinski definition) is 2. The Morgan fingerprint density at radius 3 is 2.31 bits per heavy atom. The summed E-state index contributed by atoms with van der Waals surface area (Å²) >= 11 is 2.79. The molecule has 0 aliphatic carbocycles. The van der Waals surface area contributed by atoms with Gasteiger partial charge in [0.25, 0.3) is 5.91 Å². The molecule has 0 saturated heterocycles. The van der Waals surface area contributed by atoms with E-state index in [0.717, 1.165) is 21.9 Å². The minimum atomic E-state index is -0.244. The molecule has 0 radical (unpaired) electrons. The largest absolute Gasteiger partial charge is 0.494 e. The van der Waals surface area contributed by atoms with Crippen LogP contribution < -0.4 is 20.1 Å². The van der Waals surface area contributed by atoms with E-state index in [-0.39, 0.29) is 24.2 Å². The van der Waals surface area contributed by atoms with Crippen molar-refractivity contribution in [2.45, 2.75) is 11.8 Å². The van der Waals surface area contributed by atoms with E-state index in [0.29, 0.717) is 23.2 Å². The van der Waals surface area contributed by atoms with Crippen LogP contribution in [-0.2, 0) is 9.59 Å². The molecule has 4 aromatic rings. The van der Waals surface area contributed by atoms with Crippen LogP contribution in [0, 0.1) is 0 Å².